The molecule has 0 saturated carbocycles. The Morgan fingerprint density at radius 2 is 2.17 bits per heavy atom. The van der Waals surface area contributed by atoms with Crippen LogP contribution in [0.3, 0.4) is 0 Å². The quantitative estimate of drug-likeness (QED) is 0.644. The smallest absolute Gasteiger partial charge is 0.229 e. The highest BCUT2D eigenvalue weighted by Crippen LogP contribution is 2.20. The summed E-state index contributed by atoms with van der Waals surface area (Å²) in [7, 11) is 0. The van der Waals surface area contributed by atoms with Crippen LogP contribution in [0.5, 0.6) is 0 Å². The number of furan rings is 1. The Morgan fingerprint density at radius 3 is 2.94 bits per heavy atom. The van der Waals surface area contributed by atoms with Gasteiger partial charge in [-0.15, -0.1) is 0 Å². The molecule has 0 aliphatic heterocycles. The van der Waals surface area contributed by atoms with Crippen molar-refractivity contribution in [3.63, 3.8) is 0 Å². The maximum Gasteiger partial charge on any atom is 0.229 e. The summed E-state index contributed by atoms with van der Waals surface area (Å²) < 4.78 is 5.50. The molecule has 0 aliphatic rings. The van der Waals surface area contributed by atoms with Gasteiger partial charge < -0.3 is 4.42 Å². The summed E-state index contributed by atoms with van der Waals surface area (Å²) in [6.07, 6.45) is 3.15. The largest absolute Gasteiger partial charge is 0.451 e. The molecule has 3 heterocycles. The zero-order valence-corrected chi connectivity index (χ0v) is 9.75. The predicted octanol–water partition coefficient (Wildman–Crippen LogP) is 2.76. The van der Waals surface area contributed by atoms with E-state index in [9.17, 15) is 4.79 Å². The van der Waals surface area contributed by atoms with E-state index in [2.05, 4.69) is 9.97 Å². The normalized spacial score (nSPS) is 10.7. The van der Waals surface area contributed by atoms with E-state index in [1.54, 1.807) is 24.4 Å². The number of aromatic nitrogens is 2. The molecule has 0 fully saturated rings. The molecule has 0 aliphatic carbocycles. The Hall–Kier alpha value is -2.49. The molecule has 4 nitrogen and oxygen atoms in total. The molecule has 0 atom stereocenters. The van der Waals surface area contributed by atoms with Gasteiger partial charge in [0.05, 0.1) is 0 Å². The number of hydrogen-bond acceptors (Lipinski definition) is 4. The van der Waals surface area contributed by atoms with Gasteiger partial charge in [0, 0.05) is 29.7 Å². The highest BCUT2D eigenvalue weighted by atomic mass is 16.3. The lowest BCUT2D eigenvalue weighted by Gasteiger charge is -1.94. The third-order valence-electron chi connectivity index (χ3n) is 2.66. The molecule has 88 valence electrons. The lowest BCUT2D eigenvalue weighted by Crippen LogP contribution is -1.99. The van der Waals surface area contributed by atoms with E-state index in [0.29, 0.717) is 16.7 Å². The Bertz CT molecular complexity index is 717. The zero-order valence-electron chi connectivity index (χ0n) is 9.75. The van der Waals surface area contributed by atoms with Gasteiger partial charge >= 0.3 is 0 Å². The van der Waals surface area contributed by atoms with Gasteiger partial charge in [-0.1, -0.05) is 0 Å². The monoisotopic (exact) mass is 238 g/mol. The van der Waals surface area contributed by atoms with Crippen LogP contribution in [0.4, 0.5) is 0 Å². The molecule has 0 N–H and O–H groups in total. The predicted molar refractivity (Wildman–Crippen MR) is 66.4 cm³/mol. The highest BCUT2D eigenvalue weighted by Gasteiger charge is 2.15. The van der Waals surface area contributed by atoms with Crippen molar-refractivity contribution in [1.29, 1.82) is 0 Å². The first-order valence-electron chi connectivity index (χ1n) is 5.56. The van der Waals surface area contributed by atoms with Crippen LogP contribution in [-0.2, 0) is 0 Å². The second-order valence-corrected chi connectivity index (χ2v) is 4.02. The molecule has 3 aromatic heterocycles. The number of carbonyl (C=O) groups excluding carboxylic acids is 1. The molecule has 0 radical (unpaired) electrons. The molecule has 0 unspecified atom stereocenters. The number of nitrogens with zero attached hydrogens (tertiary/aromatic N) is 2. The lowest BCUT2D eigenvalue weighted by atomic mass is 10.1. The molecule has 0 aromatic carbocycles. The van der Waals surface area contributed by atoms with Crippen LogP contribution in [-0.4, -0.2) is 15.8 Å². The fourth-order valence-corrected chi connectivity index (χ4v) is 1.78. The molecule has 3 rings (SSSR count). The molecule has 0 spiro atoms. The summed E-state index contributed by atoms with van der Waals surface area (Å²) in [5.41, 5.74) is 2.71. The molecule has 0 amide bonds. The van der Waals surface area contributed by atoms with E-state index < -0.39 is 0 Å². The van der Waals surface area contributed by atoms with Gasteiger partial charge in [0.25, 0.3) is 0 Å². The van der Waals surface area contributed by atoms with Gasteiger partial charge in [-0.05, 0) is 31.2 Å². The molecule has 18 heavy (non-hydrogen) atoms. The Morgan fingerprint density at radius 1 is 1.28 bits per heavy atom. The molecule has 4 heteroatoms. The van der Waals surface area contributed by atoms with Crippen molar-refractivity contribution in [2.24, 2.45) is 0 Å². The summed E-state index contributed by atoms with van der Waals surface area (Å²) in [6.45, 7) is 1.90. The second kappa shape index (κ2) is 4.07. The van der Waals surface area contributed by atoms with E-state index >= 15 is 0 Å². The van der Waals surface area contributed by atoms with Crippen molar-refractivity contribution < 1.29 is 9.21 Å². The summed E-state index contributed by atoms with van der Waals surface area (Å²) >= 11 is 0. The Kier molecular flexibility index (Phi) is 2.41. The molecule has 0 bridgehead atoms. The number of pyridine rings is 2. The van der Waals surface area contributed by atoms with Crippen molar-refractivity contribution in [2.75, 3.05) is 0 Å². The van der Waals surface area contributed by atoms with Crippen LogP contribution in [0.2, 0.25) is 0 Å². The maximum absolute atomic E-state index is 12.1. The number of fused-ring (bicyclic) bond motifs is 1. The number of ketones is 1. The van der Waals surface area contributed by atoms with Crippen LogP contribution in [0.25, 0.3) is 11.1 Å². The summed E-state index contributed by atoms with van der Waals surface area (Å²) in [6, 6.07) is 8.76. The van der Waals surface area contributed by atoms with Gasteiger partial charge in [0.1, 0.15) is 5.52 Å². The van der Waals surface area contributed by atoms with E-state index in [-0.39, 0.29) is 11.5 Å². The van der Waals surface area contributed by atoms with Crippen molar-refractivity contribution in [1.82, 2.24) is 9.97 Å². The van der Waals surface area contributed by atoms with E-state index in [1.807, 2.05) is 19.1 Å². The van der Waals surface area contributed by atoms with Gasteiger partial charge in [0.2, 0.25) is 5.78 Å². The van der Waals surface area contributed by atoms with Crippen LogP contribution in [0.1, 0.15) is 21.8 Å². The van der Waals surface area contributed by atoms with Gasteiger partial charge in [0.15, 0.2) is 11.3 Å². The summed E-state index contributed by atoms with van der Waals surface area (Å²) in [5, 5.41) is 0. The van der Waals surface area contributed by atoms with Crippen LogP contribution < -0.4 is 0 Å². The zero-order chi connectivity index (χ0) is 12.5. The van der Waals surface area contributed by atoms with Gasteiger partial charge in [-0.2, -0.15) is 0 Å². The van der Waals surface area contributed by atoms with Gasteiger partial charge in [-0.3, -0.25) is 9.78 Å². The fraction of sp³-hybridized carbons (Fsp3) is 0.0714. The number of aryl methyl sites for hydroxylation is 1. The maximum atomic E-state index is 12.1. The van der Waals surface area contributed by atoms with Crippen molar-refractivity contribution >= 4 is 16.9 Å². The minimum atomic E-state index is -0.182. The molecule has 3 aromatic rings. The van der Waals surface area contributed by atoms with Gasteiger partial charge in [-0.25, -0.2) is 4.98 Å². The third-order valence-corrected chi connectivity index (χ3v) is 2.66. The summed E-state index contributed by atoms with van der Waals surface area (Å²) in [5.74, 6) is 0.106. The van der Waals surface area contributed by atoms with Crippen LogP contribution in [0, 0.1) is 6.92 Å². The van der Waals surface area contributed by atoms with E-state index in [1.165, 1.54) is 6.20 Å². The van der Waals surface area contributed by atoms with Crippen molar-refractivity contribution in [3.05, 3.63) is 59.7 Å². The van der Waals surface area contributed by atoms with Crippen molar-refractivity contribution in [3.8, 4) is 0 Å². The minimum Gasteiger partial charge on any atom is -0.451 e. The third kappa shape index (κ3) is 1.78. The Labute approximate surface area is 103 Å². The van der Waals surface area contributed by atoms with E-state index in [4.69, 9.17) is 4.42 Å². The molecular weight excluding hydrogens is 228 g/mol. The minimum absolute atomic E-state index is 0.182. The second-order valence-electron chi connectivity index (χ2n) is 4.02. The summed E-state index contributed by atoms with van der Waals surface area (Å²) in [4.78, 5) is 20.4. The number of carbonyl (C=O) groups is 1. The van der Waals surface area contributed by atoms with Crippen LogP contribution in [0.15, 0.2) is 47.1 Å². The first-order valence-corrected chi connectivity index (χ1v) is 5.56. The average Bonchev–Trinajstić information content (AvgIpc) is 2.81. The average molecular weight is 238 g/mol. The first kappa shape index (κ1) is 10.7. The highest BCUT2D eigenvalue weighted by molar-refractivity contribution is 6.08. The van der Waals surface area contributed by atoms with Crippen LogP contribution >= 0.6 is 0 Å². The Balaban J connectivity index is 2.07. The number of hydrogen-bond donors (Lipinski definition) is 0. The molecule has 0 saturated heterocycles. The lowest BCUT2D eigenvalue weighted by molar-refractivity contribution is 0.101. The van der Waals surface area contributed by atoms with E-state index in [0.717, 1.165) is 5.69 Å². The topological polar surface area (TPSA) is 56.0 Å². The first-order chi connectivity index (χ1) is 8.74. The SMILES string of the molecule is Cc1ccc2oc(C(=O)c3cccnc3)cc2n1. The number of rotatable bonds is 2. The fourth-order valence-electron chi connectivity index (χ4n) is 1.78. The molecular formula is C14H10N2O2. The van der Waals surface area contributed by atoms with Crippen molar-refractivity contribution in [2.45, 2.75) is 6.92 Å². The standard InChI is InChI=1S/C14H10N2O2/c1-9-4-5-12-11(16-9)7-13(18-12)14(17)10-3-2-6-15-8-10/h2-8H,1H3.